The third-order valence-corrected chi connectivity index (χ3v) is 3.40. The van der Waals surface area contributed by atoms with Crippen LogP contribution in [-0.4, -0.2) is 28.1 Å². The molecule has 2 aromatic rings. The van der Waals surface area contributed by atoms with Crippen LogP contribution in [0.25, 0.3) is 0 Å². The largest absolute Gasteiger partial charge is 0.465 e. The number of pyridine rings is 1. The van der Waals surface area contributed by atoms with Gasteiger partial charge in [0.25, 0.3) is 0 Å². The summed E-state index contributed by atoms with van der Waals surface area (Å²) < 4.78 is 6.04. The number of rotatable bonds is 5. The summed E-state index contributed by atoms with van der Waals surface area (Å²) in [6, 6.07) is 14.5. The van der Waals surface area contributed by atoms with Crippen LogP contribution in [0.3, 0.4) is 0 Å². The Kier molecular flexibility index (Phi) is 4.42. The normalized spacial score (nSPS) is 13.2. The van der Waals surface area contributed by atoms with E-state index in [2.05, 4.69) is 4.98 Å². The van der Waals surface area contributed by atoms with Crippen molar-refractivity contribution in [3.8, 4) is 5.75 Å². The molecule has 0 aliphatic rings. The maximum absolute atomic E-state index is 11.5. The van der Waals surface area contributed by atoms with Crippen molar-refractivity contribution in [3.63, 3.8) is 0 Å². The molecule has 0 bridgehead atoms. The fraction of sp³-hybridized carbons (Fsp3) is 0.250. The molecule has 1 heterocycles. The lowest BCUT2D eigenvalue weighted by Gasteiger charge is -2.39. The van der Waals surface area contributed by atoms with E-state index in [0.717, 1.165) is 4.90 Å². The van der Waals surface area contributed by atoms with Crippen molar-refractivity contribution >= 4 is 6.09 Å². The van der Waals surface area contributed by atoms with Crippen LogP contribution in [0, 0.1) is 0 Å². The molecular formula is C16H18N2O3. The van der Waals surface area contributed by atoms with Gasteiger partial charge >= 0.3 is 6.09 Å². The summed E-state index contributed by atoms with van der Waals surface area (Å²) in [5.74, 6) is 0.595. The molecule has 0 fully saturated rings. The van der Waals surface area contributed by atoms with E-state index in [-0.39, 0.29) is 0 Å². The van der Waals surface area contributed by atoms with Crippen LogP contribution in [0.4, 0.5) is 4.79 Å². The monoisotopic (exact) mass is 286 g/mol. The van der Waals surface area contributed by atoms with E-state index in [1.807, 2.05) is 31.2 Å². The number of amides is 1. The highest BCUT2D eigenvalue weighted by Crippen LogP contribution is 2.33. The van der Waals surface area contributed by atoms with Crippen LogP contribution in [0.1, 0.15) is 19.0 Å². The molecule has 0 saturated heterocycles. The average molecular weight is 286 g/mol. The summed E-state index contributed by atoms with van der Waals surface area (Å²) >= 11 is 0. The molecule has 110 valence electrons. The van der Waals surface area contributed by atoms with Gasteiger partial charge in [0, 0.05) is 19.7 Å². The molecule has 0 saturated carbocycles. The number of hydrogen-bond donors (Lipinski definition) is 1. The van der Waals surface area contributed by atoms with Gasteiger partial charge in [-0.15, -0.1) is 0 Å². The smallest absolute Gasteiger partial charge is 0.410 e. The second-order valence-electron chi connectivity index (χ2n) is 4.61. The summed E-state index contributed by atoms with van der Waals surface area (Å²) in [4.78, 5) is 16.9. The maximum atomic E-state index is 11.5. The van der Waals surface area contributed by atoms with Gasteiger partial charge in [-0.05, 0) is 24.3 Å². The summed E-state index contributed by atoms with van der Waals surface area (Å²) in [5, 5.41) is 9.41. The summed E-state index contributed by atoms with van der Waals surface area (Å²) in [6.07, 6.45) is 0.990. The Bertz CT molecular complexity index is 589. The van der Waals surface area contributed by atoms with E-state index in [1.54, 1.807) is 30.5 Å². The van der Waals surface area contributed by atoms with Crippen molar-refractivity contribution in [1.29, 1.82) is 0 Å². The number of benzene rings is 1. The molecular weight excluding hydrogens is 268 g/mol. The predicted molar refractivity (Wildman–Crippen MR) is 79.1 cm³/mol. The number of para-hydroxylation sites is 1. The fourth-order valence-corrected chi connectivity index (χ4v) is 2.21. The lowest BCUT2D eigenvalue weighted by molar-refractivity contribution is -0.0694. The van der Waals surface area contributed by atoms with Gasteiger partial charge in [-0.1, -0.05) is 31.2 Å². The van der Waals surface area contributed by atoms with Gasteiger partial charge < -0.3 is 9.84 Å². The highest BCUT2D eigenvalue weighted by molar-refractivity contribution is 5.65. The molecule has 5 heteroatoms. The average Bonchev–Trinajstić information content (AvgIpc) is 2.53. The fourth-order valence-electron chi connectivity index (χ4n) is 2.21. The Morgan fingerprint density at radius 2 is 1.90 bits per heavy atom. The summed E-state index contributed by atoms with van der Waals surface area (Å²) in [7, 11) is 1.49. The van der Waals surface area contributed by atoms with Crippen LogP contribution in [0.2, 0.25) is 0 Å². The van der Waals surface area contributed by atoms with Crippen LogP contribution >= 0.6 is 0 Å². The highest BCUT2D eigenvalue weighted by atomic mass is 16.5. The Morgan fingerprint density at radius 1 is 1.24 bits per heavy atom. The molecule has 2 rings (SSSR count). The van der Waals surface area contributed by atoms with Gasteiger partial charge in [-0.25, -0.2) is 4.79 Å². The second kappa shape index (κ2) is 6.26. The highest BCUT2D eigenvalue weighted by Gasteiger charge is 2.41. The first kappa shape index (κ1) is 14.8. The van der Waals surface area contributed by atoms with E-state index in [9.17, 15) is 9.90 Å². The van der Waals surface area contributed by atoms with Crippen molar-refractivity contribution in [3.05, 3.63) is 60.4 Å². The Hall–Kier alpha value is -2.56. The molecule has 1 aromatic carbocycles. The van der Waals surface area contributed by atoms with Crippen molar-refractivity contribution in [2.24, 2.45) is 0 Å². The molecule has 1 aromatic heterocycles. The summed E-state index contributed by atoms with van der Waals surface area (Å²) in [6.45, 7) is 1.87. The number of aromatic nitrogens is 1. The molecule has 0 aliphatic heterocycles. The van der Waals surface area contributed by atoms with E-state index < -0.39 is 11.8 Å². The van der Waals surface area contributed by atoms with Crippen LogP contribution < -0.4 is 4.74 Å². The Balaban J connectivity index is 2.49. The van der Waals surface area contributed by atoms with Crippen LogP contribution in [-0.2, 0) is 5.72 Å². The third kappa shape index (κ3) is 2.97. The minimum absolute atomic E-state index is 0.432. The molecule has 21 heavy (non-hydrogen) atoms. The van der Waals surface area contributed by atoms with Crippen molar-refractivity contribution in [2.45, 2.75) is 19.1 Å². The zero-order valence-corrected chi connectivity index (χ0v) is 12.1. The lowest BCUT2D eigenvalue weighted by Crippen LogP contribution is -2.51. The first-order valence-corrected chi connectivity index (χ1v) is 6.72. The zero-order chi connectivity index (χ0) is 15.3. The molecule has 0 radical (unpaired) electrons. The molecule has 5 nitrogen and oxygen atoms in total. The molecule has 0 aliphatic carbocycles. The number of ether oxygens (including phenoxy) is 1. The minimum Gasteiger partial charge on any atom is -0.465 e. The van der Waals surface area contributed by atoms with E-state index in [4.69, 9.17) is 4.74 Å². The number of nitrogens with zero attached hydrogens (tertiary/aromatic N) is 2. The standard InChI is InChI=1S/C16H18N2O3/c1-3-16(18(2)15(19)20,14-11-7-8-12-17-14)21-13-9-5-4-6-10-13/h4-12H,3H2,1-2H3,(H,19,20). The minimum atomic E-state index is -1.16. The molecule has 1 atom stereocenters. The maximum Gasteiger partial charge on any atom is 0.410 e. The first-order chi connectivity index (χ1) is 10.1. The van der Waals surface area contributed by atoms with E-state index in [1.165, 1.54) is 7.05 Å². The molecule has 1 unspecified atom stereocenters. The van der Waals surface area contributed by atoms with Gasteiger partial charge in [0.15, 0.2) is 0 Å². The molecule has 1 N–H and O–H groups in total. The lowest BCUT2D eigenvalue weighted by atomic mass is 10.0. The quantitative estimate of drug-likeness (QED) is 0.856. The number of hydrogen-bond acceptors (Lipinski definition) is 3. The van der Waals surface area contributed by atoms with Crippen LogP contribution in [0.5, 0.6) is 5.75 Å². The SMILES string of the molecule is CCC(Oc1ccccc1)(c1ccccn1)N(C)C(=O)O. The number of carboxylic acid groups (broad SMARTS) is 1. The topological polar surface area (TPSA) is 62.7 Å². The van der Waals surface area contributed by atoms with Gasteiger partial charge in [-0.3, -0.25) is 9.88 Å². The first-order valence-electron chi connectivity index (χ1n) is 6.72. The Morgan fingerprint density at radius 3 is 2.43 bits per heavy atom. The van der Waals surface area contributed by atoms with Crippen molar-refractivity contribution in [1.82, 2.24) is 9.88 Å². The van der Waals surface area contributed by atoms with Gasteiger partial charge in [0.05, 0.1) is 0 Å². The summed E-state index contributed by atoms with van der Waals surface area (Å²) in [5.41, 5.74) is -0.602. The van der Waals surface area contributed by atoms with E-state index >= 15 is 0 Å². The second-order valence-corrected chi connectivity index (χ2v) is 4.61. The van der Waals surface area contributed by atoms with Crippen molar-refractivity contribution in [2.75, 3.05) is 7.05 Å². The Labute approximate surface area is 123 Å². The van der Waals surface area contributed by atoms with Gasteiger partial charge in [-0.2, -0.15) is 0 Å². The predicted octanol–water partition coefficient (Wildman–Crippen LogP) is 3.33. The van der Waals surface area contributed by atoms with Gasteiger partial charge in [0.2, 0.25) is 5.72 Å². The van der Waals surface area contributed by atoms with E-state index in [0.29, 0.717) is 17.9 Å². The van der Waals surface area contributed by atoms with Crippen LogP contribution in [0.15, 0.2) is 54.7 Å². The number of carbonyl (C=O) groups is 1. The van der Waals surface area contributed by atoms with Crippen molar-refractivity contribution < 1.29 is 14.6 Å². The zero-order valence-electron chi connectivity index (χ0n) is 12.1. The third-order valence-electron chi connectivity index (χ3n) is 3.40. The molecule has 1 amide bonds. The molecule has 0 spiro atoms. The van der Waals surface area contributed by atoms with Gasteiger partial charge in [0.1, 0.15) is 11.4 Å².